The molecule has 176 valence electrons. The molecule has 30 heavy (non-hydrogen) atoms. The summed E-state index contributed by atoms with van der Waals surface area (Å²) in [5.74, 6) is 0.966. The second kappa shape index (κ2) is 20.8. The topological polar surface area (TPSA) is 43.4 Å². The maximum Gasteiger partial charge on any atom is 1.00 e. The van der Waals surface area contributed by atoms with E-state index < -0.39 is 10.1 Å². The van der Waals surface area contributed by atoms with Gasteiger partial charge in [-0.25, -0.2) is 3.63 Å². The molecule has 0 heterocycles. The minimum Gasteiger partial charge on any atom is -1.00 e. The van der Waals surface area contributed by atoms with Gasteiger partial charge in [-0.2, -0.15) is 8.42 Å². The molecule has 1 rings (SSSR count). The van der Waals surface area contributed by atoms with Crippen molar-refractivity contribution < 1.29 is 43.0 Å². The standard InChI is InChI=1S/C24H48O3S2.Na.H/c1-2-3-4-5-6-7-8-9-10-11-12-13-14-16-21-24(22-29(25,26)27-28)23-19-17-15-18-20-23;;/h23-24,28H,2-22H2,1H3;;/q;+1;-1. The van der Waals surface area contributed by atoms with Gasteiger partial charge in [-0.05, 0) is 31.2 Å². The van der Waals surface area contributed by atoms with Gasteiger partial charge in [-0.3, -0.25) is 0 Å². The van der Waals surface area contributed by atoms with Gasteiger partial charge in [-0.15, -0.1) is 0 Å². The van der Waals surface area contributed by atoms with Crippen LogP contribution in [0.3, 0.4) is 0 Å². The number of hydrogen-bond donors (Lipinski definition) is 1. The molecule has 1 saturated carbocycles. The average Bonchev–Trinajstić information content (AvgIpc) is 2.73. The van der Waals surface area contributed by atoms with Gasteiger partial charge >= 0.3 is 29.6 Å². The van der Waals surface area contributed by atoms with E-state index >= 15 is 0 Å². The SMILES string of the molecule is CCCCCCCCCCCCCCCCC(CS(=O)(=O)OS)C1CCCCC1.[H-].[Na+]. The van der Waals surface area contributed by atoms with Gasteiger partial charge in [0.05, 0.1) is 5.75 Å². The summed E-state index contributed by atoms with van der Waals surface area (Å²) in [4.78, 5) is 0. The summed E-state index contributed by atoms with van der Waals surface area (Å²) in [6.45, 7) is 2.28. The van der Waals surface area contributed by atoms with Gasteiger partial charge < -0.3 is 1.43 Å². The molecule has 0 aromatic heterocycles. The van der Waals surface area contributed by atoms with E-state index in [4.69, 9.17) is 0 Å². The van der Waals surface area contributed by atoms with Crippen LogP contribution in [0, 0.1) is 11.8 Å². The summed E-state index contributed by atoms with van der Waals surface area (Å²) in [5.41, 5.74) is 0. The summed E-state index contributed by atoms with van der Waals surface area (Å²) in [6, 6.07) is 0. The predicted molar refractivity (Wildman–Crippen MR) is 130 cm³/mol. The Balaban J connectivity index is 0. The average molecular weight is 473 g/mol. The molecular formula is C24H49NaO3S2. The van der Waals surface area contributed by atoms with Crippen LogP contribution in [0.4, 0.5) is 0 Å². The third kappa shape index (κ3) is 16.8. The molecule has 0 saturated heterocycles. The minimum absolute atomic E-state index is 0. The third-order valence-corrected chi connectivity index (χ3v) is 8.52. The van der Waals surface area contributed by atoms with Crippen LogP contribution in [0.5, 0.6) is 0 Å². The molecule has 0 spiro atoms. The van der Waals surface area contributed by atoms with Crippen molar-refractivity contribution in [1.82, 2.24) is 0 Å². The van der Waals surface area contributed by atoms with Crippen molar-refractivity contribution in [2.24, 2.45) is 11.8 Å². The fourth-order valence-corrected chi connectivity index (χ4v) is 6.16. The fourth-order valence-electron chi connectivity index (χ4n) is 4.95. The summed E-state index contributed by atoms with van der Waals surface area (Å²) in [7, 11) is -3.47. The first-order valence-corrected chi connectivity index (χ1v) is 14.6. The second-order valence-electron chi connectivity index (χ2n) is 9.34. The molecule has 0 N–H and O–H groups in total. The van der Waals surface area contributed by atoms with Gasteiger partial charge in [0, 0.05) is 0 Å². The van der Waals surface area contributed by atoms with Gasteiger partial charge in [-0.1, -0.05) is 129 Å². The zero-order valence-corrected chi connectivity index (χ0v) is 23.8. The Labute approximate surface area is 217 Å². The van der Waals surface area contributed by atoms with E-state index in [1.54, 1.807) is 0 Å². The second-order valence-corrected chi connectivity index (χ2v) is 11.4. The molecule has 0 amide bonds. The molecule has 0 radical (unpaired) electrons. The van der Waals surface area contributed by atoms with E-state index in [2.05, 4.69) is 23.5 Å². The van der Waals surface area contributed by atoms with E-state index in [-0.39, 0.29) is 42.7 Å². The van der Waals surface area contributed by atoms with E-state index in [1.165, 1.54) is 116 Å². The maximum atomic E-state index is 11.9. The zero-order chi connectivity index (χ0) is 21.2. The van der Waals surface area contributed by atoms with E-state index in [0.717, 1.165) is 12.8 Å². The monoisotopic (exact) mass is 472 g/mol. The van der Waals surface area contributed by atoms with Crippen LogP contribution >= 0.6 is 12.9 Å². The molecule has 0 bridgehead atoms. The van der Waals surface area contributed by atoms with Crippen molar-refractivity contribution in [3.63, 3.8) is 0 Å². The molecule has 0 aromatic carbocycles. The Kier molecular flexibility index (Phi) is 21.7. The van der Waals surface area contributed by atoms with E-state index in [1.807, 2.05) is 0 Å². The van der Waals surface area contributed by atoms with Gasteiger partial charge in [0.25, 0.3) is 10.1 Å². The van der Waals surface area contributed by atoms with E-state index in [0.29, 0.717) is 5.92 Å². The molecule has 1 unspecified atom stereocenters. The van der Waals surface area contributed by atoms with Crippen LogP contribution in [0.25, 0.3) is 0 Å². The molecule has 1 aliphatic rings. The number of thiol groups is 1. The smallest absolute Gasteiger partial charge is 1.00 e. The predicted octanol–water partition coefficient (Wildman–Crippen LogP) is 5.36. The first-order valence-electron chi connectivity index (χ1n) is 12.6. The summed E-state index contributed by atoms with van der Waals surface area (Å²) in [6.07, 6.45) is 26.2. The normalized spacial score (nSPS) is 16.3. The number of rotatable bonds is 19. The van der Waals surface area contributed by atoms with Crippen molar-refractivity contribution >= 4 is 23.0 Å². The van der Waals surface area contributed by atoms with Crippen LogP contribution in [-0.4, -0.2) is 14.2 Å². The van der Waals surface area contributed by atoms with Gasteiger partial charge in [0.2, 0.25) is 0 Å². The van der Waals surface area contributed by atoms with Crippen LogP contribution in [0.2, 0.25) is 0 Å². The Bertz CT molecular complexity index is 471. The van der Waals surface area contributed by atoms with Crippen LogP contribution in [0.1, 0.15) is 137 Å². The van der Waals surface area contributed by atoms with Gasteiger partial charge in [0.1, 0.15) is 0 Å². The van der Waals surface area contributed by atoms with Crippen LogP contribution in [0.15, 0.2) is 0 Å². The molecular weight excluding hydrogens is 423 g/mol. The van der Waals surface area contributed by atoms with Crippen molar-refractivity contribution in [2.75, 3.05) is 5.75 Å². The third-order valence-electron chi connectivity index (χ3n) is 6.78. The molecule has 0 aliphatic heterocycles. The molecule has 1 fully saturated rings. The largest absolute Gasteiger partial charge is 1.00 e. The number of unbranched alkanes of at least 4 members (excludes halogenated alkanes) is 13. The van der Waals surface area contributed by atoms with Crippen molar-refractivity contribution in [2.45, 2.75) is 135 Å². The Morgan fingerprint density at radius 1 is 0.800 bits per heavy atom. The first-order chi connectivity index (χ1) is 14.1. The molecule has 6 heteroatoms. The molecule has 1 atom stereocenters. The fraction of sp³-hybridized carbons (Fsp3) is 1.00. The van der Waals surface area contributed by atoms with Crippen molar-refractivity contribution in [1.29, 1.82) is 0 Å². The molecule has 1 aliphatic carbocycles. The number of hydrogen-bond acceptors (Lipinski definition) is 4. The molecule has 0 aromatic rings. The van der Waals surface area contributed by atoms with Crippen molar-refractivity contribution in [3.05, 3.63) is 0 Å². The zero-order valence-electron chi connectivity index (χ0n) is 21.1. The molecule has 3 nitrogen and oxygen atoms in total. The van der Waals surface area contributed by atoms with E-state index in [9.17, 15) is 8.42 Å². The summed E-state index contributed by atoms with van der Waals surface area (Å²) in [5, 5.41) is 0. The van der Waals surface area contributed by atoms with Gasteiger partial charge in [0.15, 0.2) is 0 Å². The van der Waals surface area contributed by atoms with Crippen LogP contribution in [-0.2, 0) is 13.7 Å². The summed E-state index contributed by atoms with van der Waals surface area (Å²) < 4.78 is 28.3. The Morgan fingerprint density at radius 3 is 1.67 bits per heavy atom. The quantitative estimate of drug-likeness (QED) is 0.119. The Morgan fingerprint density at radius 2 is 1.23 bits per heavy atom. The minimum atomic E-state index is -3.47. The van der Waals surface area contributed by atoms with Crippen molar-refractivity contribution in [3.8, 4) is 0 Å². The maximum absolute atomic E-state index is 11.9. The first kappa shape index (κ1) is 31.3. The summed E-state index contributed by atoms with van der Waals surface area (Å²) >= 11 is 3.55. The Hall–Kier alpha value is 1.26. The van der Waals surface area contributed by atoms with Crippen LogP contribution < -0.4 is 29.6 Å².